The maximum absolute atomic E-state index is 13.2. The van der Waals surface area contributed by atoms with Crippen LogP contribution in [0.5, 0.6) is 17.2 Å². The number of nitrogens with zero attached hydrogens (tertiary/aromatic N) is 1. The Labute approximate surface area is 172 Å². The number of aryl methyl sites for hydroxylation is 2. The Morgan fingerprint density at radius 2 is 1.93 bits per heavy atom. The van der Waals surface area contributed by atoms with Crippen molar-refractivity contribution in [2.24, 2.45) is 5.92 Å². The van der Waals surface area contributed by atoms with Crippen LogP contribution in [0.4, 0.5) is 0 Å². The van der Waals surface area contributed by atoms with Crippen molar-refractivity contribution in [2.45, 2.75) is 46.0 Å². The van der Waals surface area contributed by atoms with Gasteiger partial charge in [0, 0.05) is 31.0 Å². The zero-order chi connectivity index (χ0) is 20.5. The average Bonchev–Trinajstić information content (AvgIpc) is 3.18. The van der Waals surface area contributed by atoms with E-state index in [0.29, 0.717) is 23.8 Å². The number of likely N-dealkylation sites (tertiary alicyclic amines) is 1. The highest BCUT2D eigenvalue weighted by Gasteiger charge is 2.29. The van der Waals surface area contributed by atoms with Crippen LogP contribution in [-0.4, -0.2) is 35.8 Å². The number of amides is 1. The molecule has 4 rings (SSSR count). The fraction of sp³-hybridized carbons (Fsp3) is 0.458. The van der Waals surface area contributed by atoms with E-state index in [1.54, 1.807) is 0 Å². The Hall–Kier alpha value is -2.69. The Bertz CT molecular complexity index is 923. The van der Waals surface area contributed by atoms with E-state index in [0.717, 1.165) is 41.8 Å². The molecule has 0 spiro atoms. The molecule has 2 aromatic carbocycles. The monoisotopic (exact) mass is 395 g/mol. The zero-order valence-corrected chi connectivity index (χ0v) is 17.4. The van der Waals surface area contributed by atoms with E-state index in [4.69, 9.17) is 9.47 Å². The molecule has 5 heteroatoms. The lowest BCUT2D eigenvalue weighted by molar-refractivity contribution is -0.133. The van der Waals surface area contributed by atoms with Gasteiger partial charge < -0.3 is 19.5 Å². The molecule has 29 heavy (non-hydrogen) atoms. The number of ether oxygens (including phenoxy) is 2. The minimum absolute atomic E-state index is 0.138. The molecule has 1 N–H and O–H groups in total. The third-order valence-electron chi connectivity index (χ3n) is 6.17. The van der Waals surface area contributed by atoms with Crippen LogP contribution in [0.1, 0.15) is 54.4 Å². The highest BCUT2D eigenvalue weighted by molar-refractivity contribution is 5.78. The highest BCUT2D eigenvalue weighted by atomic mass is 16.7. The number of phenols is 1. The van der Waals surface area contributed by atoms with Gasteiger partial charge in [-0.2, -0.15) is 0 Å². The van der Waals surface area contributed by atoms with Gasteiger partial charge in [0.15, 0.2) is 11.5 Å². The van der Waals surface area contributed by atoms with Gasteiger partial charge in [-0.05, 0) is 61.4 Å². The minimum Gasteiger partial charge on any atom is -0.507 e. The summed E-state index contributed by atoms with van der Waals surface area (Å²) in [6, 6.07) is 9.74. The summed E-state index contributed by atoms with van der Waals surface area (Å²) in [7, 11) is 0. The lowest BCUT2D eigenvalue weighted by atomic mass is 9.83. The van der Waals surface area contributed by atoms with E-state index < -0.39 is 0 Å². The lowest BCUT2D eigenvalue weighted by Crippen LogP contribution is -2.39. The number of piperidine rings is 1. The molecule has 154 valence electrons. The third kappa shape index (κ3) is 3.91. The number of hydrogen-bond donors (Lipinski definition) is 1. The molecule has 1 amide bonds. The van der Waals surface area contributed by atoms with E-state index in [-0.39, 0.29) is 24.4 Å². The zero-order valence-electron chi connectivity index (χ0n) is 17.4. The Morgan fingerprint density at radius 1 is 1.17 bits per heavy atom. The number of fused-ring (bicyclic) bond motifs is 1. The second kappa shape index (κ2) is 7.97. The second-order valence-electron chi connectivity index (χ2n) is 8.42. The fourth-order valence-corrected chi connectivity index (χ4v) is 4.49. The van der Waals surface area contributed by atoms with Crippen molar-refractivity contribution in [2.75, 3.05) is 19.9 Å². The summed E-state index contributed by atoms with van der Waals surface area (Å²) in [5.74, 6) is 2.11. The molecule has 2 atom stereocenters. The van der Waals surface area contributed by atoms with Crippen LogP contribution in [0, 0.1) is 19.8 Å². The van der Waals surface area contributed by atoms with Crippen LogP contribution < -0.4 is 9.47 Å². The largest absolute Gasteiger partial charge is 0.507 e. The summed E-state index contributed by atoms with van der Waals surface area (Å²) < 4.78 is 11.0. The van der Waals surface area contributed by atoms with E-state index >= 15 is 0 Å². The first-order valence-electron chi connectivity index (χ1n) is 10.4. The smallest absolute Gasteiger partial charge is 0.231 e. The molecule has 2 unspecified atom stereocenters. The van der Waals surface area contributed by atoms with Crippen LogP contribution in [0.2, 0.25) is 0 Å². The molecule has 2 heterocycles. The van der Waals surface area contributed by atoms with E-state index in [1.807, 2.05) is 49.1 Å². The molecule has 2 aliphatic rings. The highest BCUT2D eigenvalue weighted by Crippen LogP contribution is 2.42. The van der Waals surface area contributed by atoms with Crippen LogP contribution >= 0.6 is 0 Å². The van der Waals surface area contributed by atoms with Crippen molar-refractivity contribution in [3.8, 4) is 17.2 Å². The molecule has 0 aromatic heterocycles. The van der Waals surface area contributed by atoms with Crippen molar-refractivity contribution in [1.29, 1.82) is 0 Å². The van der Waals surface area contributed by atoms with E-state index in [1.165, 1.54) is 6.42 Å². The van der Waals surface area contributed by atoms with Gasteiger partial charge in [-0.25, -0.2) is 0 Å². The fourth-order valence-electron chi connectivity index (χ4n) is 4.49. The summed E-state index contributed by atoms with van der Waals surface area (Å²) in [4.78, 5) is 15.2. The quantitative estimate of drug-likeness (QED) is 0.827. The first-order chi connectivity index (χ1) is 13.9. The summed E-state index contributed by atoms with van der Waals surface area (Å²) >= 11 is 0. The van der Waals surface area contributed by atoms with Gasteiger partial charge in [-0.15, -0.1) is 0 Å². The summed E-state index contributed by atoms with van der Waals surface area (Å²) in [5, 5.41) is 10.9. The van der Waals surface area contributed by atoms with Gasteiger partial charge in [0.2, 0.25) is 12.7 Å². The third-order valence-corrected chi connectivity index (χ3v) is 6.17. The number of carbonyl (C=O) groups excluding carboxylic acids is 1. The van der Waals surface area contributed by atoms with Gasteiger partial charge in [-0.3, -0.25) is 4.79 Å². The molecule has 5 nitrogen and oxygen atoms in total. The topological polar surface area (TPSA) is 59.0 Å². The molecule has 1 saturated heterocycles. The molecule has 0 bridgehead atoms. The SMILES string of the molecule is Cc1ccc(C)c(C(CC(=O)N2CCCC(C)C2)c2ccc3c(c2)OCO3)c1O. The van der Waals surface area contributed by atoms with E-state index in [9.17, 15) is 9.90 Å². The van der Waals surface area contributed by atoms with Crippen molar-refractivity contribution in [3.63, 3.8) is 0 Å². The van der Waals surface area contributed by atoms with Crippen molar-refractivity contribution >= 4 is 5.91 Å². The van der Waals surface area contributed by atoms with Crippen molar-refractivity contribution < 1.29 is 19.4 Å². The van der Waals surface area contributed by atoms with Crippen LogP contribution in [0.3, 0.4) is 0 Å². The van der Waals surface area contributed by atoms with Gasteiger partial charge >= 0.3 is 0 Å². The molecule has 0 saturated carbocycles. The number of hydrogen-bond acceptors (Lipinski definition) is 4. The minimum atomic E-state index is -0.242. The second-order valence-corrected chi connectivity index (χ2v) is 8.42. The molecule has 0 radical (unpaired) electrons. The first-order valence-corrected chi connectivity index (χ1v) is 10.4. The Kier molecular flexibility index (Phi) is 5.39. The predicted octanol–water partition coefficient (Wildman–Crippen LogP) is 4.52. The number of aromatic hydroxyl groups is 1. The maximum atomic E-state index is 13.2. The standard InChI is InChI=1S/C24H29NO4/c1-15-5-4-10-25(13-15)22(26)12-19(23-16(2)6-7-17(3)24(23)27)18-8-9-20-21(11-18)29-14-28-20/h6-9,11,15,19,27H,4-5,10,12-14H2,1-3H3. The Morgan fingerprint density at radius 3 is 2.72 bits per heavy atom. The molecule has 0 aliphatic carbocycles. The van der Waals surface area contributed by atoms with Gasteiger partial charge in [0.1, 0.15) is 5.75 Å². The molecule has 1 fully saturated rings. The molecule has 2 aliphatic heterocycles. The maximum Gasteiger partial charge on any atom is 0.231 e. The van der Waals surface area contributed by atoms with Crippen molar-refractivity contribution in [3.05, 3.63) is 52.6 Å². The number of carbonyl (C=O) groups is 1. The number of phenolic OH excluding ortho intramolecular Hbond substituents is 1. The van der Waals surface area contributed by atoms with Gasteiger partial charge in [0.05, 0.1) is 0 Å². The van der Waals surface area contributed by atoms with E-state index in [2.05, 4.69) is 6.92 Å². The normalized spacial score (nSPS) is 19.3. The molecular weight excluding hydrogens is 366 g/mol. The lowest BCUT2D eigenvalue weighted by Gasteiger charge is -2.32. The molecular formula is C24H29NO4. The predicted molar refractivity (Wildman–Crippen MR) is 112 cm³/mol. The number of benzene rings is 2. The number of rotatable bonds is 4. The molecule has 2 aromatic rings. The van der Waals surface area contributed by atoms with Crippen LogP contribution in [0.15, 0.2) is 30.3 Å². The summed E-state index contributed by atoms with van der Waals surface area (Å²) in [5.41, 5.74) is 3.57. The summed E-state index contributed by atoms with van der Waals surface area (Å²) in [6.45, 7) is 7.92. The van der Waals surface area contributed by atoms with Crippen molar-refractivity contribution in [1.82, 2.24) is 4.90 Å². The summed E-state index contributed by atoms with van der Waals surface area (Å²) in [6.07, 6.45) is 2.55. The average molecular weight is 395 g/mol. The first kappa shape index (κ1) is 19.6. The van der Waals surface area contributed by atoms with Gasteiger partial charge in [-0.1, -0.05) is 25.1 Å². The van der Waals surface area contributed by atoms with Crippen LogP contribution in [-0.2, 0) is 4.79 Å². The Balaban J connectivity index is 1.72. The van der Waals surface area contributed by atoms with Gasteiger partial charge in [0.25, 0.3) is 0 Å². The van der Waals surface area contributed by atoms with Crippen LogP contribution in [0.25, 0.3) is 0 Å².